The van der Waals surface area contributed by atoms with Crippen molar-refractivity contribution in [3.63, 3.8) is 0 Å². The number of carbonyl (C=O) groups is 1. The molecule has 2 rings (SSSR count). The van der Waals surface area contributed by atoms with Crippen LogP contribution in [0.2, 0.25) is 5.02 Å². The van der Waals surface area contributed by atoms with Crippen LogP contribution in [0.3, 0.4) is 0 Å². The highest BCUT2D eigenvalue weighted by Gasteiger charge is 2.25. The van der Waals surface area contributed by atoms with Gasteiger partial charge in [-0.15, -0.1) is 0 Å². The third-order valence-electron chi connectivity index (χ3n) is 3.49. The van der Waals surface area contributed by atoms with Crippen LogP contribution in [-0.2, 0) is 4.79 Å². The second kappa shape index (κ2) is 6.46. The summed E-state index contributed by atoms with van der Waals surface area (Å²) in [6, 6.07) is 5.04. The smallest absolute Gasteiger partial charge is 0.263 e. The summed E-state index contributed by atoms with van der Waals surface area (Å²) in [6.07, 6.45) is 0.848. The first-order valence-corrected chi connectivity index (χ1v) is 7.30. The van der Waals surface area contributed by atoms with Crippen molar-refractivity contribution in [1.82, 2.24) is 4.90 Å². The van der Waals surface area contributed by atoms with Gasteiger partial charge in [0.05, 0.1) is 6.10 Å². The quantitative estimate of drug-likeness (QED) is 0.930. The highest BCUT2D eigenvalue weighted by molar-refractivity contribution is 6.30. The number of rotatable bonds is 4. The summed E-state index contributed by atoms with van der Waals surface area (Å²) in [4.78, 5) is 14.0. The largest absolute Gasteiger partial charge is 0.481 e. The SMILES string of the molecule is CC(Oc1ccc(Cl)cc1[C@@H](C)O)C(=O)N1CCCC1. The molecule has 0 aromatic heterocycles. The number of carbonyl (C=O) groups excluding carboxylic acids is 1. The van der Waals surface area contributed by atoms with Crippen LogP contribution in [0, 0.1) is 0 Å². The molecule has 1 fully saturated rings. The average Bonchev–Trinajstić information content (AvgIpc) is 2.93. The number of aliphatic hydroxyl groups excluding tert-OH is 1. The molecule has 1 aliphatic heterocycles. The zero-order chi connectivity index (χ0) is 14.7. The Morgan fingerprint density at radius 2 is 2.00 bits per heavy atom. The normalized spacial score (nSPS) is 17.9. The van der Waals surface area contributed by atoms with Crippen LogP contribution in [0.5, 0.6) is 5.75 Å². The van der Waals surface area contributed by atoms with E-state index >= 15 is 0 Å². The van der Waals surface area contributed by atoms with E-state index in [1.807, 2.05) is 4.90 Å². The molecule has 0 radical (unpaired) electrons. The predicted molar refractivity (Wildman–Crippen MR) is 78.0 cm³/mol. The Kier molecular flexibility index (Phi) is 4.89. The molecule has 1 amide bonds. The minimum absolute atomic E-state index is 0.00556. The molecule has 110 valence electrons. The zero-order valence-electron chi connectivity index (χ0n) is 11.8. The van der Waals surface area contributed by atoms with Crippen LogP contribution >= 0.6 is 11.6 Å². The number of hydrogen-bond acceptors (Lipinski definition) is 3. The maximum absolute atomic E-state index is 12.2. The average molecular weight is 298 g/mol. The number of likely N-dealkylation sites (tertiary alicyclic amines) is 1. The number of nitrogens with zero attached hydrogens (tertiary/aromatic N) is 1. The fourth-order valence-corrected chi connectivity index (χ4v) is 2.57. The molecule has 0 bridgehead atoms. The third-order valence-corrected chi connectivity index (χ3v) is 3.73. The summed E-state index contributed by atoms with van der Waals surface area (Å²) in [5.74, 6) is 0.499. The van der Waals surface area contributed by atoms with Gasteiger partial charge in [-0.3, -0.25) is 4.79 Å². The number of benzene rings is 1. The Morgan fingerprint density at radius 3 is 2.60 bits per heavy atom. The highest BCUT2D eigenvalue weighted by Crippen LogP contribution is 2.29. The van der Waals surface area contributed by atoms with Crippen molar-refractivity contribution >= 4 is 17.5 Å². The third kappa shape index (κ3) is 3.44. The van der Waals surface area contributed by atoms with Crippen LogP contribution in [0.25, 0.3) is 0 Å². The summed E-state index contributed by atoms with van der Waals surface area (Å²) < 4.78 is 5.73. The van der Waals surface area contributed by atoms with Crippen LogP contribution in [0.1, 0.15) is 38.4 Å². The van der Waals surface area contributed by atoms with Gasteiger partial charge in [0.2, 0.25) is 0 Å². The topological polar surface area (TPSA) is 49.8 Å². The van der Waals surface area contributed by atoms with Gasteiger partial charge in [-0.2, -0.15) is 0 Å². The van der Waals surface area contributed by atoms with Gasteiger partial charge in [-0.1, -0.05) is 11.6 Å². The summed E-state index contributed by atoms with van der Waals surface area (Å²) in [5, 5.41) is 10.3. The number of amides is 1. The molecular weight excluding hydrogens is 278 g/mol. The molecule has 1 aliphatic rings. The molecule has 2 atom stereocenters. The lowest BCUT2D eigenvalue weighted by atomic mass is 10.1. The second-order valence-corrected chi connectivity index (χ2v) is 5.59. The summed E-state index contributed by atoms with van der Waals surface area (Å²) >= 11 is 5.92. The van der Waals surface area contributed by atoms with E-state index in [9.17, 15) is 9.90 Å². The Bertz CT molecular complexity index is 484. The van der Waals surface area contributed by atoms with E-state index in [4.69, 9.17) is 16.3 Å². The maximum atomic E-state index is 12.2. The summed E-state index contributed by atoms with van der Waals surface area (Å²) in [7, 11) is 0. The lowest BCUT2D eigenvalue weighted by Crippen LogP contribution is -2.38. The molecule has 20 heavy (non-hydrogen) atoms. The molecule has 1 unspecified atom stereocenters. The summed E-state index contributed by atoms with van der Waals surface area (Å²) in [5.41, 5.74) is 0.596. The van der Waals surface area contributed by atoms with E-state index in [1.165, 1.54) is 0 Å². The van der Waals surface area contributed by atoms with Gasteiger partial charge in [0, 0.05) is 23.7 Å². The van der Waals surface area contributed by atoms with Crippen molar-refractivity contribution in [2.24, 2.45) is 0 Å². The molecule has 0 saturated carbocycles. The number of halogens is 1. The molecule has 4 nitrogen and oxygen atoms in total. The molecule has 0 spiro atoms. The van der Waals surface area contributed by atoms with Crippen molar-refractivity contribution in [3.8, 4) is 5.75 Å². The lowest BCUT2D eigenvalue weighted by Gasteiger charge is -2.23. The standard InChI is InChI=1S/C15H20ClNO3/c1-10(18)13-9-12(16)5-6-14(13)20-11(2)15(19)17-7-3-4-8-17/h5-6,9-11,18H,3-4,7-8H2,1-2H3/t10-,11?/m1/s1. The van der Waals surface area contributed by atoms with E-state index in [-0.39, 0.29) is 5.91 Å². The molecule has 1 N–H and O–H groups in total. The van der Waals surface area contributed by atoms with Gasteiger partial charge in [0.1, 0.15) is 5.75 Å². The molecule has 1 aromatic rings. The van der Waals surface area contributed by atoms with Gasteiger partial charge in [0.15, 0.2) is 6.10 Å². The number of hydrogen-bond donors (Lipinski definition) is 1. The van der Waals surface area contributed by atoms with Gasteiger partial charge in [0.25, 0.3) is 5.91 Å². The molecular formula is C15H20ClNO3. The van der Waals surface area contributed by atoms with E-state index < -0.39 is 12.2 Å². The first-order valence-electron chi connectivity index (χ1n) is 6.92. The van der Waals surface area contributed by atoms with Crippen molar-refractivity contribution < 1.29 is 14.6 Å². The zero-order valence-corrected chi connectivity index (χ0v) is 12.6. The Balaban J connectivity index is 2.10. The lowest BCUT2D eigenvalue weighted by molar-refractivity contribution is -0.136. The first-order chi connectivity index (χ1) is 9.49. The number of aliphatic hydroxyl groups is 1. The molecule has 1 heterocycles. The van der Waals surface area contributed by atoms with Crippen molar-refractivity contribution in [2.45, 2.75) is 38.9 Å². The fraction of sp³-hybridized carbons (Fsp3) is 0.533. The Hall–Kier alpha value is -1.26. The minimum Gasteiger partial charge on any atom is -0.481 e. The van der Waals surface area contributed by atoms with Crippen molar-refractivity contribution in [3.05, 3.63) is 28.8 Å². The van der Waals surface area contributed by atoms with Gasteiger partial charge >= 0.3 is 0 Å². The van der Waals surface area contributed by atoms with Gasteiger partial charge in [-0.25, -0.2) is 0 Å². The van der Waals surface area contributed by atoms with Gasteiger partial charge in [-0.05, 0) is 44.9 Å². The molecule has 5 heteroatoms. The number of ether oxygens (including phenoxy) is 1. The fourth-order valence-electron chi connectivity index (χ4n) is 2.39. The monoisotopic (exact) mass is 297 g/mol. The Labute approximate surface area is 124 Å². The van der Waals surface area contributed by atoms with Crippen LogP contribution in [0.4, 0.5) is 0 Å². The van der Waals surface area contributed by atoms with Crippen molar-refractivity contribution in [1.29, 1.82) is 0 Å². The molecule has 1 saturated heterocycles. The van der Waals surface area contributed by atoms with Crippen LogP contribution in [0.15, 0.2) is 18.2 Å². The Morgan fingerprint density at radius 1 is 1.35 bits per heavy atom. The molecule has 1 aromatic carbocycles. The van der Waals surface area contributed by atoms with Crippen molar-refractivity contribution in [2.75, 3.05) is 13.1 Å². The summed E-state index contributed by atoms with van der Waals surface area (Å²) in [6.45, 7) is 4.99. The van der Waals surface area contributed by atoms with E-state index in [0.717, 1.165) is 25.9 Å². The predicted octanol–water partition coefficient (Wildman–Crippen LogP) is 2.78. The minimum atomic E-state index is -0.696. The second-order valence-electron chi connectivity index (χ2n) is 5.15. The van der Waals surface area contributed by atoms with Crippen LogP contribution < -0.4 is 4.74 Å². The van der Waals surface area contributed by atoms with E-state index in [0.29, 0.717) is 16.3 Å². The molecule has 0 aliphatic carbocycles. The first kappa shape index (κ1) is 15.1. The van der Waals surface area contributed by atoms with Gasteiger partial charge < -0.3 is 14.7 Å². The van der Waals surface area contributed by atoms with E-state index in [1.54, 1.807) is 32.0 Å². The highest BCUT2D eigenvalue weighted by atomic mass is 35.5. The maximum Gasteiger partial charge on any atom is 0.263 e. The van der Waals surface area contributed by atoms with E-state index in [2.05, 4.69) is 0 Å². The van der Waals surface area contributed by atoms with Crippen LogP contribution in [-0.4, -0.2) is 35.1 Å².